The van der Waals surface area contributed by atoms with Crippen LogP contribution in [0.3, 0.4) is 0 Å². The van der Waals surface area contributed by atoms with E-state index in [2.05, 4.69) is 22.4 Å². The van der Waals surface area contributed by atoms with E-state index in [0.29, 0.717) is 18.6 Å². The zero-order chi connectivity index (χ0) is 14.2. The highest BCUT2D eigenvalue weighted by Crippen LogP contribution is 2.31. The van der Waals surface area contributed by atoms with E-state index in [1.807, 2.05) is 0 Å². The molecule has 1 N–H and O–H groups in total. The normalized spacial score (nSPS) is 23.7. The highest BCUT2D eigenvalue weighted by atomic mass is 16.5. The lowest BCUT2D eigenvalue weighted by Gasteiger charge is -2.23. The first-order valence-electron chi connectivity index (χ1n) is 7.90. The van der Waals surface area contributed by atoms with E-state index < -0.39 is 0 Å². The molecule has 0 aromatic carbocycles. The number of nitrogens with zero attached hydrogens (tertiary/aromatic N) is 2. The van der Waals surface area contributed by atoms with E-state index in [1.54, 1.807) is 7.11 Å². The first-order valence-corrected chi connectivity index (χ1v) is 7.90. The molecule has 1 aliphatic carbocycles. The van der Waals surface area contributed by atoms with Crippen LogP contribution in [0.5, 0.6) is 0 Å². The van der Waals surface area contributed by atoms with Gasteiger partial charge in [-0.05, 0) is 25.8 Å². The lowest BCUT2D eigenvalue weighted by molar-refractivity contribution is 0.199. The molecule has 1 aromatic rings. The Bertz CT molecular complexity index is 381. The van der Waals surface area contributed by atoms with Gasteiger partial charge in [0.25, 0.3) is 0 Å². The molecule has 0 spiro atoms. The molecular formula is C15H27N3O2. The molecule has 114 valence electrons. The van der Waals surface area contributed by atoms with Crippen LogP contribution < -0.4 is 5.32 Å². The van der Waals surface area contributed by atoms with Gasteiger partial charge in [0.2, 0.25) is 5.89 Å². The molecule has 0 amide bonds. The Labute approximate surface area is 121 Å². The summed E-state index contributed by atoms with van der Waals surface area (Å²) in [5.41, 5.74) is 0. The Hall–Kier alpha value is -0.940. The van der Waals surface area contributed by atoms with Crippen molar-refractivity contribution in [2.45, 2.75) is 63.8 Å². The minimum absolute atomic E-state index is 0.368. The fourth-order valence-corrected chi connectivity index (χ4v) is 2.89. The number of rotatable bonds is 7. The third kappa shape index (κ3) is 4.28. The van der Waals surface area contributed by atoms with Crippen LogP contribution in [-0.2, 0) is 11.2 Å². The van der Waals surface area contributed by atoms with Crippen molar-refractivity contribution in [3.63, 3.8) is 0 Å². The molecule has 1 saturated carbocycles. The van der Waals surface area contributed by atoms with Crippen molar-refractivity contribution in [2.75, 3.05) is 20.3 Å². The van der Waals surface area contributed by atoms with Crippen molar-refractivity contribution in [3.05, 3.63) is 11.7 Å². The van der Waals surface area contributed by atoms with Gasteiger partial charge in [0, 0.05) is 19.6 Å². The monoisotopic (exact) mass is 281 g/mol. The fourth-order valence-electron chi connectivity index (χ4n) is 2.89. The van der Waals surface area contributed by atoms with Crippen LogP contribution in [0.15, 0.2) is 4.52 Å². The van der Waals surface area contributed by atoms with Gasteiger partial charge >= 0.3 is 0 Å². The summed E-state index contributed by atoms with van der Waals surface area (Å²) in [6.45, 7) is 3.90. The molecule has 0 radical (unpaired) electrons. The van der Waals surface area contributed by atoms with Crippen LogP contribution in [0.2, 0.25) is 0 Å². The summed E-state index contributed by atoms with van der Waals surface area (Å²) in [5.74, 6) is 1.94. The van der Waals surface area contributed by atoms with E-state index in [9.17, 15) is 0 Å². The second-order valence-corrected chi connectivity index (χ2v) is 5.60. The summed E-state index contributed by atoms with van der Waals surface area (Å²) < 4.78 is 10.6. The van der Waals surface area contributed by atoms with E-state index in [-0.39, 0.29) is 0 Å². The maximum atomic E-state index is 5.51. The Morgan fingerprint density at radius 3 is 2.95 bits per heavy atom. The molecule has 5 nitrogen and oxygen atoms in total. The standard InChI is InChI=1S/C15H27N3O2/c1-3-10-16-13-8-6-4-5-7-12(13)15-17-14(18-20-15)9-11-19-2/h12-13,16H,3-11H2,1-2H3. The van der Waals surface area contributed by atoms with Crippen LogP contribution in [0.25, 0.3) is 0 Å². The van der Waals surface area contributed by atoms with Gasteiger partial charge in [-0.1, -0.05) is 31.3 Å². The minimum atomic E-state index is 0.368. The smallest absolute Gasteiger partial charge is 0.231 e. The fraction of sp³-hybridized carbons (Fsp3) is 0.867. The largest absolute Gasteiger partial charge is 0.384 e. The molecule has 1 aromatic heterocycles. The van der Waals surface area contributed by atoms with Gasteiger partial charge in [0.05, 0.1) is 12.5 Å². The molecule has 2 unspecified atom stereocenters. The highest BCUT2D eigenvalue weighted by molar-refractivity contribution is 5.01. The first kappa shape index (κ1) is 15.4. The van der Waals surface area contributed by atoms with Gasteiger partial charge in [-0.3, -0.25) is 0 Å². The average molecular weight is 281 g/mol. The zero-order valence-electron chi connectivity index (χ0n) is 12.7. The van der Waals surface area contributed by atoms with E-state index >= 15 is 0 Å². The van der Waals surface area contributed by atoms with Crippen molar-refractivity contribution in [3.8, 4) is 0 Å². The zero-order valence-corrected chi connectivity index (χ0v) is 12.7. The van der Waals surface area contributed by atoms with Gasteiger partial charge in [0.1, 0.15) is 0 Å². The van der Waals surface area contributed by atoms with E-state index in [0.717, 1.165) is 37.5 Å². The van der Waals surface area contributed by atoms with Crippen molar-refractivity contribution in [1.29, 1.82) is 0 Å². The molecule has 0 aliphatic heterocycles. The molecule has 1 aliphatic rings. The van der Waals surface area contributed by atoms with Crippen molar-refractivity contribution in [1.82, 2.24) is 15.5 Å². The van der Waals surface area contributed by atoms with E-state index in [1.165, 1.54) is 25.7 Å². The van der Waals surface area contributed by atoms with Crippen molar-refractivity contribution >= 4 is 0 Å². The van der Waals surface area contributed by atoms with Gasteiger partial charge < -0.3 is 14.6 Å². The molecule has 2 atom stereocenters. The molecule has 2 rings (SSSR count). The lowest BCUT2D eigenvalue weighted by atomic mass is 9.94. The number of hydrogen-bond acceptors (Lipinski definition) is 5. The molecular weight excluding hydrogens is 254 g/mol. The van der Waals surface area contributed by atoms with Crippen LogP contribution in [-0.4, -0.2) is 36.4 Å². The Morgan fingerprint density at radius 1 is 1.30 bits per heavy atom. The van der Waals surface area contributed by atoms with Crippen molar-refractivity contribution in [2.24, 2.45) is 0 Å². The van der Waals surface area contributed by atoms with Crippen LogP contribution >= 0.6 is 0 Å². The van der Waals surface area contributed by atoms with Gasteiger partial charge in [0.15, 0.2) is 5.82 Å². The molecule has 1 heterocycles. The number of nitrogens with one attached hydrogen (secondary N) is 1. The van der Waals surface area contributed by atoms with Gasteiger partial charge in [-0.15, -0.1) is 0 Å². The number of ether oxygens (including phenoxy) is 1. The van der Waals surface area contributed by atoms with E-state index in [4.69, 9.17) is 9.26 Å². The number of methoxy groups -OCH3 is 1. The van der Waals surface area contributed by atoms with Gasteiger partial charge in [-0.25, -0.2) is 0 Å². The Morgan fingerprint density at radius 2 is 2.15 bits per heavy atom. The van der Waals surface area contributed by atoms with Crippen molar-refractivity contribution < 1.29 is 9.26 Å². The maximum absolute atomic E-state index is 5.51. The predicted octanol–water partition coefficient (Wildman–Crippen LogP) is 2.67. The highest BCUT2D eigenvalue weighted by Gasteiger charge is 2.29. The third-order valence-corrected chi connectivity index (χ3v) is 4.00. The third-order valence-electron chi connectivity index (χ3n) is 4.00. The molecule has 0 saturated heterocycles. The first-order chi connectivity index (χ1) is 9.85. The predicted molar refractivity (Wildman–Crippen MR) is 77.8 cm³/mol. The molecule has 20 heavy (non-hydrogen) atoms. The second-order valence-electron chi connectivity index (χ2n) is 5.60. The summed E-state index contributed by atoms with van der Waals surface area (Å²) >= 11 is 0. The Balaban J connectivity index is 2.02. The van der Waals surface area contributed by atoms with Crippen LogP contribution in [0.1, 0.15) is 63.1 Å². The minimum Gasteiger partial charge on any atom is -0.384 e. The summed E-state index contributed by atoms with van der Waals surface area (Å²) in [6, 6.07) is 0.480. The Kier molecular flexibility index (Phi) is 6.47. The SMILES string of the molecule is CCCNC1CCCCCC1c1nc(CCOC)no1. The summed E-state index contributed by atoms with van der Waals surface area (Å²) in [7, 11) is 1.69. The number of aromatic nitrogens is 2. The maximum Gasteiger partial charge on any atom is 0.231 e. The van der Waals surface area contributed by atoms with Crippen LogP contribution in [0, 0.1) is 0 Å². The average Bonchev–Trinajstić information content (AvgIpc) is 2.81. The summed E-state index contributed by atoms with van der Waals surface area (Å²) in [5, 5.41) is 7.74. The number of hydrogen-bond donors (Lipinski definition) is 1. The quantitative estimate of drug-likeness (QED) is 0.779. The molecule has 1 fully saturated rings. The van der Waals surface area contributed by atoms with Crippen LogP contribution in [0.4, 0.5) is 0 Å². The molecule has 5 heteroatoms. The lowest BCUT2D eigenvalue weighted by Crippen LogP contribution is -2.35. The summed E-state index contributed by atoms with van der Waals surface area (Å²) in [6.07, 6.45) is 8.10. The molecule has 0 bridgehead atoms. The summed E-state index contributed by atoms with van der Waals surface area (Å²) in [4.78, 5) is 4.57. The topological polar surface area (TPSA) is 60.2 Å². The second kappa shape index (κ2) is 8.37. The van der Waals surface area contributed by atoms with Gasteiger partial charge in [-0.2, -0.15) is 4.98 Å².